The third-order valence-corrected chi connectivity index (χ3v) is 4.94. The minimum Gasteiger partial charge on any atom is -0.454 e. The van der Waals surface area contributed by atoms with E-state index in [0.29, 0.717) is 31.5 Å². The number of rotatable bonds is 5. The molecule has 4 rings (SSSR count). The summed E-state index contributed by atoms with van der Waals surface area (Å²) in [5.74, 6) is 1.67. The van der Waals surface area contributed by atoms with E-state index in [2.05, 4.69) is 35.1 Å². The third kappa shape index (κ3) is 4.20. The van der Waals surface area contributed by atoms with Crippen molar-refractivity contribution in [3.05, 3.63) is 47.8 Å². The number of aromatic nitrogens is 1. The number of nitrogens with zero attached hydrogens (tertiary/aromatic N) is 3. The lowest BCUT2D eigenvalue weighted by atomic mass is 10.1. The van der Waals surface area contributed by atoms with Gasteiger partial charge in [0.25, 0.3) is 5.91 Å². The minimum atomic E-state index is 0.0441. The molecule has 1 fully saturated rings. The highest BCUT2D eigenvalue weighted by molar-refractivity contribution is 5.94. The zero-order valence-electron chi connectivity index (χ0n) is 16.4. The van der Waals surface area contributed by atoms with E-state index in [9.17, 15) is 4.79 Å². The fourth-order valence-corrected chi connectivity index (χ4v) is 3.56. The second kappa shape index (κ2) is 8.06. The van der Waals surface area contributed by atoms with Crippen molar-refractivity contribution >= 4 is 11.6 Å². The summed E-state index contributed by atoms with van der Waals surface area (Å²) >= 11 is 0. The molecule has 1 aromatic heterocycles. The molecule has 2 aromatic rings. The molecule has 0 saturated carbocycles. The molecule has 2 aliphatic heterocycles. The molecule has 1 aromatic carbocycles. The Labute approximate surface area is 165 Å². The molecule has 0 atom stereocenters. The molecule has 0 bridgehead atoms. The summed E-state index contributed by atoms with van der Waals surface area (Å²) in [6, 6.07) is 8.26. The molecule has 1 saturated heterocycles. The van der Waals surface area contributed by atoms with Crippen LogP contribution in [0.5, 0.6) is 11.5 Å². The molecule has 2 aliphatic rings. The smallest absolute Gasteiger partial charge is 0.255 e. The quantitative estimate of drug-likeness (QED) is 0.857. The first kappa shape index (κ1) is 18.6. The van der Waals surface area contributed by atoms with Crippen molar-refractivity contribution in [2.24, 2.45) is 0 Å². The maximum atomic E-state index is 12.8. The zero-order chi connectivity index (χ0) is 19.5. The van der Waals surface area contributed by atoms with Crippen molar-refractivity contribution in [3.8, 4) is 11.5 Å². The summed E-state index contributed by atoms with van der Waals surface area (Å²) in [5, 5.41) is 3.29. The lowest BCUT2D eigenvalue weighted by molar-refractivity contribution is 0.0628. The Morgan fingerprint density at radius 3 is 2.68 bits per heavy atom. The molecule has 1 N–H and O–H groups in total. The Kier molecular flexibility index (Phi) is 5.34. The van der Waals surface area contributed by atoms with E-state index in [4.69, 9.17) is 9.47 Å². The van der Waals surface area contributed by atoms with Crippen LogP contribution >= 0.6 is 0 Å². The van der Waals surface area contributed by atoms with Crippen LogP contribution in [0, 0.1) is 0 Å². The normalized spacial score (nSPS) is 16.5. The van der Waals surface area contributed by atoms with Crippen LogP contribution in [-0.4, -0.2) is 59.7 Å². The van der Waals surface area contributed by atoms with E-state index in [1.165, 1.54) is 5.56 Å². The summed E-state index contributed by atoms with van der Waals surface area (Å²) in [6.07, 6.45) is 3.40. The number of nitrogens with one attached hydrogen (secondary N) is 1. The lowest BCUT2D eigenvalue weighted by Crippen LogP contribution is -2.48. The first-order chi connectivity index (χ1) is 13.6. The van der Waals surface area contributed by atoms with E-state index in [0.717, 1.165) is 36.8 Å². The number of amides is 1. The SMILES string of the molecule is CC(C)Nc1cncc(C(=O)N2CCN(Cc3ccc4c(c3)OCO4)CC2)c1. The monoisotopic (exact) mass is 382 g/mol. The molecular formula is C21H26N4O3. The van der Waals surface area contributed by atoms with Crippen LogP contribution in [0.15, 0.2) is 36.7 Å². The number of carbonyl (C=O) groups excluding carboxylic acids is 1. The summed E-state index contributed by atoms with van der Waals surface area (Å²) in [4.78, 5) is 21.3. The van der Waals surface area contributed by atoms with Gasteiger partial charge in [0.05, 0.1) is 11.3 Å². The average molecular weight is 382 g/mol. The van der Waals surface area contributed by atoms with Crippen LogP contribution in [0.3, 0.4) is 0 Å². The van der Waals surface area contributed by atoms with Gasteiger partial charge in [-0.3, -0.25) is 14.7 Å². The number of pyridine rings is 1. The maximum absolute atomic E-state index is 12.8. The third-order valence-electron chi connectivity index (χ3n) is 4.94. The van der Waals surface area contributed by atoms with Crippen molar-refractivity contribution in [1.82, 2.24) is 14.8 Å². The van der Waals surface area contributed by atoms with Gasteiger partial charge in [0, 0.05) is 51.2 Å². The topological polar surface area (TPSA) is 66.9 Å². The van der Waals surface area contributed by atoms with E-state index >= 15 is 0 Å². The van der Waals surface area contributed by atoms with Crippen LogP contribution < -0.4 is 14.8 Å². The Morgan fingerprint density at radius 2 is 1.89 bits per heavy atom. The number of hydrogen-bond acceptors (Lipinski definition) is 6. The summed E-state index contributed by atoms with van der Waals surface area (Å²) in [7, 11) is 0. The van der Waals surface area contributed by atoms with Crippen LogP contribution in [0.25, 0.3) is 0 Å². The molecule has 0 radical (unpaired) electrons. The molecule has 7 heteroatoms. The van der Waals surface area contributed by atoms with Gasteiger partial charge in [-0.05, 0) is 37.6 Å². The minimum absolute atomic E-state index is 0.0441. The van der Waals surface area contributed by atoms with Crippen molar-refractivity contribution in [2.45, 2.75) is 26.4 Å². The van der Waals surface area contributed by atoms with Gasteiger partial charge in [-0.15, -0.1) is 0 Å². The van der Waals surface area contributed by atoms with Crippen LogP contribution in [0.2, 0.25) is 0 Å². The van der Waals surface area contributed by atoms with E-state index in [-0.39, 0.29) is 5.91 Å². The van der Waals surface area contributed by atoms with E-state index < -0.39 is 0 Å². The number of fused-ring (bicyclic) bond motifs is 1. The highest BCUT2D eigenvalue weighted by Crippen LogP contribution is 2.32. The van der Waals surface area contributed by atoms with Crippen molar-refractivity contribution < 1.29 is 14.3 Å². The van der Waals surface area contributed by atoms with Gasteiger partial charge in [-0.2, -0.15) is 0 Å². The van der Waals surface area contributed by atoms with Crippen LogP contribution in [0.1, 0.15) is 29.8 Å². The van der Waals surface area contributed by atoms with Gasteiger partial charge in [-0.25, -0.2) is 0 Å². The largest absolute Gasteiger partial charge is 0.454 e. The maximum Gasteiger partial charge on any atom is 0.255 e. The summed E-state index contributed by atoms with van der Waals surface area (Å²) < 4.78 is 10.8. The number of anilines is 1. The van der Waals surface area contributed by atoms with Gasteiger partial charge in [0.2, 0.25) is 6.79 Å². The molecule has 0 aliphatic carbocycles. The molecule has 7 nitrogen and oxygen atoms in total. The Bertz CT molecular complexity index is 847. The van der Waals surface area contributed by atoms with Crippen LogP contribution in [0.4, 0.5) is 5.69 Å². The van der Waals surface area contributed by atoms with Crippen molar-refractivity contribution in [1.29, 1.82) is 0 Å². The number of piperazine rings is 1. The summed E-state index contributed by atoms with van der Waals surface area (Å²) in [6.45, 7) is 8.38. The molecule has 148 valence electrons. The van der Waals surface area contributed by atoms with Gasteiger partial charge in [0.1, 0.15) is 0 Å². The Hall–Kier alpha value is -2.80. The molecule has 0 unspecified atom stereocenters. The average Bonchev–Trinajstić information content (AvgIpc) is 3.15. The van der Waals surface area contributed by atoms with Crippen LogP contribution in [-0.2, 0) is 6.54 Å². The number of hydrogen-bond donors (Lipinski definition) is 1. The number of ether oxygens (including phenoxy) is 2. The van der Waals surface area contributed by atoms with Gasteiger partial charge < -0.3 is 19.7 Å². The fraction of sp³-hybridized carbons (Fsp3) is 0.429. The molecule has 3 heterocycles. The highest BCUT2D eigenvalue weighted by atomic mass is 16.7. The Balaban J connectivity index is 1.33. The first-order valence-electron chi connectivity index (χ1n) is 9.70. The molecule has 1 amide bonds. The summed E-state index contributed by atoms with van der Waals surface area (Å²) in [5.41, 5.74) is 2.71. The number of carbonyl (C=O) groups is 1. The second-order valence-corrected chi connectivity index (χ2v) is 7.52. The number of benzene rings is 1. The standard InChI is InChI=1S/C21H26N4O3/c1-15(2)23-18-10-17(11-22-12-18)21(26)25-7-5-24(6-8-25)13-16-3-4-19-20(9-16)28-14-27-19/h3-4,9-12,15,23H,5-8,13-14H2,1-2H3. The molecule has 28 heavy (non-hydrogen) atoms. The van der Waals surface area contributed by atoms with Gasteiger partial charge in [-0.1, -0.05) is 6.07 Å². The molecule has 0 spiro atoms. The highest BCUT2D eigenvalue weighted by Gasteiger charge is 2.23. The van der Waals surface area contributed by atoms with Crippen molar-refractivity contribution in [3.63, 3.8) is 0 Å². The van der Waals surface area contributed by atoms with E-state index in [1.807, 2.05) is 23.1 Å². The Morgan fingerprint density at radius 1 is 1.11 bits per heavy atom. The van der Waals surface area contributed by atoms with Gasteiger partial charge in [0.15, 0.2) is 11.5 Å². The lowest BCUT2D eigenvalue weighted by Gasteiger charge is -2.34. The fourth-order valence-electron chi connectivity index (χ4n) is 3.56. The molecular weight excluding hydrogens is 356 g/mol. The van der Waals surface area contributed by atoms with E-state index in [1.54, 1.807) is 12.4 Å². The second-order valence-electron chi connectivity index (χ2n) is 7.52. The predicted molar refractivity (Wildman–Crippen MR) is 107 cm³/mol. The van der Waals surface area contributed by atoms with Crippen molar-refractivity contribution in [2.75, 3.05) is 38.3 Å². The zero-order valence-corrected chi connectivity index (χ0v) is 16.4. The van der Waals surface area contributed by atoms with Gasteiger partial charge >= 0.3 is 0 Å². The first-order valence-corrected chi connectivity index (χ1v) is 9.70. The predicted octanol–water partition coefficient (Wildman–Crippen LogP) is 2.59.